The Bertz CT molecular complexity index is 967. The van der Waals surface area contributed by atoms with Crippen LogP contribution in [0.5, 0.6) is 5.75 Å². The number of imidazole rings is 1. The lowest BCUT2D eigenvalue weighted by atomic mass is 9.98. The second kappa shape index (κ2) is 11.3. The number of methoxy groups -OCH3 is 1. The standard InChI is InChI=1S/C26H40N4O3Si/c1-26(2,3)34(5,6)33-22(11-14-28-25(31)30-18-15-27-20-30)19-29-16-12-21(13-17-29)23-9-7-8-10-24(23)32-4/h7-10,12,15,18,20,22H,11,13-14,16-17,19H2,1-6H3,(H,28,31)/t22-/m1/s1. The van der Waals surface area contributed by atoms with Crippen LogP contribution in [0, 0.1) is 0 Å². The van der Waals surface area contributed by atoms with Gasteiger partial charge in [-0.1, -0.05) is 45.0 Å². The largest absolute Gasteiger partial charge is 0.496 e. The van der Waals surface area contributed by atoms with Crippen molar-refractivity contribution in [1.29, 1.82) is 0 Å². The molecule has 186 valence electrons. The highest BCUT2D eigenvalue weighted by molar-refractivity contribution is 6.74. The van der Waals surface area contributed by atoms with Gasteiger partial charge in [-0.2, -0.15) is 0 Å². The summed E-state index contributed by atoms with van der Waals surface area (Å²) in [4.78, 5) is 18.7. The van der Waals surface area contributed by atoms with E-state index in [1.54, 1.807) is 19.5 Å². The second-order valence-electron chi connectivity index (χ2n) is 10.4. The van der Waals surface area contributed by atoms with Crippen LogP contribution in [0.2, 0.25) is 18.1 Å². The average molecular weight is 485 g/mol. The summed E-state index contributed by atoms with van der Waals surface area (Å²) in [6.07, 6.45) is 8.89. The van der Waals surface area contributed by atoms with Gasteiger partial charge in [-0.25, -0.2) is 9.78 Å². The summed E-state index contributed by atoms with van der Waals surface area (Å²) >= 11 is 0. The van der Waals surface area contributed by atoms with Gasteiger partial charge in [0.05, 0.1) is 13.2 Å². The Morgan fingerprint density at radius 3 is 2.65 bits per heavy atom. The Labute approximate surface area is 205 Å². The van der Waals surface area contributed by atoms with Crippen LogP contribution in [0.25, 0.3) is 5.57 Å². The van der Waals surface area contributed by atoms with Crippen LogP contribution in [0.4, 0.5) is 4.79 Å². The number of rotatable bonds is 9. The maximum atomic E-state index is 12.3. The Morgan fingerprint density at radius 2 is 2.03 bits per heavy atom. The van der Waals surface area contributed by atoms with Gasteiger partial charge in [-0.15, -0.1) is 0 Å². The molecular formula is C26H40N4O3Si. The van der Waals surface area contributed by atoms with Gasteiger partial charge in [0.2, 0.25) is 0 Å². The first-order valence-corrected chi connectivity index (χ1v) is 15.0. The minimum Gasteiger partial charge on any atom is -0.496 e. The molecule has 0 fully saturated rings. The number of aromatic nitrogens is 2. The van der Waals surface area contributed by atoms with E-state index in [-0.39, 0.29) is 17.2 Å². The highest BCUT2D eigenvalue weighted by Crippen LogP contribution is 2.38. The van der Waals surface area contributed by atoms with Gasteiger partial charge in [0, 0.05) is 44.1 Å². The molecule has 0 unspecified atom stereocenters. The molecule has 0 saturated heterocycles. The lowest BCUT2D eigenvalue weighted by Crippen LogP contribution is -2.48. The van der Waals surface area contributed by atoms with Crippen LogP contribution >= 0.6 is 0 Å². The minimum atomic E-state index is -1.95. The molecule has 34 heavy (non-hydrogen) atoms. The van der Waals surface area contributed by atoms with Crippen LogP contribution in [0.15, 0.2) is 49.1 Å². The van der Waals surface area contributed by atoms with Gasteiger partial charge in [0.15, 0.2) is 8.32 Å². The molecule has 0 bridgehead atoms. The molecule has 0 radical (unpaired) electrons. The first-order valence-electron chi connectivity index (χ1n) is 12.1. The number of hydrogen-bond donors (Lipinski definition) is 1. The van der Waals surface area contributed by atoms with Crippen LogP contribution in [0.1, 0.15) is 39.2 Å². The molecule has 0 aliphatic carbocycles. The first-order chi connectivity index (χ1) is 16.1. The summed E-state index contributed by atoms with van der Waals surface area (Å²) in [6.45, 7) is 14.6. The molecule has 1 aliphatic rings. The quantitative estimate of drug-likeness (QED) is 0.506. The van der Waals surface area contributed by atoms with Crippen molar-refractivity contribution in [2.75, 3.05) is 33.3 Å². The maximum absolute atomic E-state index is 12.3. The molecule has 2 heterocycles. The number of amides is 1. The van der Waals surface area contributed by atoms with Gasteiger partial charge in [-0.3, -0.25) is 9.47 Å². The fourth-order valence-electron chi connectivity index (χ4n) is 3.91. The van der Waals surface area contributed by atoms with Crippen molar-refractivity contribution in [1.82, 2.24) is 19.8 Å². The summed E-state index contributed by atoms with van der Waals surface area (Å²) in [5.41, 5.74) is 2.52. The van der Waals surface area contributed by atoms with Gasteiger partial charge in [-0.05, 0) is 42.6 Å². The molecule has 7 nitrogen and oxygen atoms in total. The molecule has 1 atom stereocenters. The highest BCUT2D eigenvalue weighted by Gasteiger charge is 2.39. The van der Waals surface area contributed by atoms with E-state index < -0.39 is 8.32 Å². The zero-order valence-corrected chi connectivity index (χ0v) is 22.5. The number of nitrogens with one attached hydrogen (secondary N) is 1. The SMILES string of the molecule is COc1ccccc1C1=CCN(C[C@@H](CCNC(=O)n2ccnc2)O[Si](C)(C)C(C)(C)C)CC1. The molecule has 1 aromatic heterocycles. The van der Waals surface area contributed by atoms with E-state index in [0.29, 0.717) is 6.54 Å². The molecule has 2 aromatic rings. The Kier molecular flexibility index (Phi) is 8.73. The van der Waals surface area contributed by atoms with E-state index in [0.717, 1.165) is 38.2 Å². The van der Waals surface area contributed by atoms with Gasteiger partial charge in [0.1, 0.15) is 12.1 Å². The lowest BCUT2D eigenvalue weighted by Gasteiger charge is -2.41. The van der Waals surface area contributed by atoms with E-state index in [1.807, 2.05) is 12.1 Å². The van der Waals surface area contributed by atoms with Crippen molar-refractivity contribution < 1.29 is 14.0 Å². The number of carbonyl (C=O) groups excluding carboxylic acids is 1. The van der Waals surface area contributed by atoms with Crippen LogP contribution in [-0.2, 0) is 4.43 Å². The van der Waals surface area contributed by atoms with Crippen LogP contribution in [0.3, 0.4) is 0 Å². The third-order valence-electron chi connectivity index (χ3n) is 6.96. The zero-order chi connectivity index (χ0) is 24.8. The fraction of sp³-hybridized carbons (Fsp3) is 0.538. The third-order valence-corrected chi connectivity index (χ3v) is 11.5. The van der Waals surface area contributed by atoms with Crippen molar-refractivity contribution in [3.8, 4) is 5.75 Å². The number of nitrogens with zero attached hydrogens (tertiary/aromatic N) is 3. The summed E-state index contributed by atoms with van der Waals surface area (Å²) in [6, 6.07) is 8.06. The second-order valence-corrected chi connectivity index (χ2v) is 15.2. The van der Waals surface area contributed by atoms with Gasteiger partial charge in [0.25, 0.3) is 0 Å². The van der Waals surface area contributed by atoms with Crippen LogP contribution in [-0.4, -0.2) is 68.2 Å². The van der Waals surface area contributed by atoms with Crippen LogP contribution < -0.4 is 10.1 Å². The third kappa shape index (κ3) is 6.80. The van der Waals surface area contributed by atoms with E-state index in [9.17, 15) is 4.79 Å². The number of carbonyl (C=O) groups is 1. The number of para-hydroxylation sites is 1. The summed E-state index contributed by atoms with van der Waals surface area (Å²) in [5.74, 6) is 0.926. The maximum Gasteiger partial charge on any atom is 0.326 e. The fourth-order valence-corrected chi connectivity index (χ4v) is 5.29. The van der Waals surface area contributed by atoms with E-state index in [2.05, 4.69) is 67.3 Å². The molecule has 1 amide bonds. The zero-order valence-electron chi connectivity index (χ0n) is 21.5. The van der Waals surface area contributed by atoms with Crippen molar-refractivity contribution in [3.05, 3.63) is 54.6 Å². The average Bonchev–Trinajstić information content (AvgIpc) is 3.33. The molecular weight excluding hydrogens is 444 g/mol. The predicted octanol–water partition coefficient (Wildman–Crippen LogP) is 5.02. The van der Waals surface area contributed by atoms with Gasteiger partial charge < -0.3 is 14.5 Å². The number of hydrogen-bond acceptors (Lipinski definition) is 5. The predicted molar refractivity (Wildman–Crippen MR) is 140 cm³/mol. The topological polar surface area (TPSA) is 68.6 Å². The smallest absolute Gasteiger partial charge is 0.326 e. The molecule has 0 spiro atoms. The van der Waals surface area contributed by atoms with Gasteiger partial charge >= 0.3 is 6.03 Å². The van der Waals surface area contributed by atoms with E-state index in [4.69, 9.17) is 9.16 Å². The Morgan fingerprint density at radius 1 is 1.26 bits per heavy atom. The summed E-state index contributed by atoms with van der Waals surface area (Å²) in [5, 5.41) is 3.12. The molecule has 1 aromatic carbocycles. The van der Waals surface area contributed by atoms with Crippen molar-refractivity contribution in [3.63, 3.8) is 0 Å². The molecule has 1 N–H and O–H groups in total. The molecule has 1 aliphatic heterocycles. The van der Waals surface area contributed by atoms with Crippen molar-refractivity contribution >= 4 is 19.9 Å². The highest BCUT2D eigenvalue weighted by atomic mass is 28.4. The Balaban J connectivity index is 1.63. The number of ether oxygens (including phenoxy) is 1. The normalized spacial score (nSPS) is 16.1. The molecule has 8 heteroatoms. The summed E-state index contributed by atoms with van der Waals surface area (Å²) < 4.78 is 13.8. The lowest BCUT2D eigenvalue weighted by molar-refractivity contribution is 0.118. The monoisotopic (exact) mass is 484 g/mol. The van der Waals surface area contributed by atoms with Crippen molar-refractivity contribution in [2.45, 2.75) is 57.8 Å². The van der Waals surface area contributed by atoms with E-state index >= 15 is 0 Å². The minimum absolute atomic E-state index is 0.0604. The van der Waals surface area contributed by atoms with E-state index in [1.165, 1.54) is 22.0 Å². The van der Waals surface area contributed by atoms with Crippen molar-refractivity contribution in [2.24, 2.45) is 0 Å². The molecule has 0 saturated carbocycles. The summed E-state index contributed by atoms with van der Waals surface area (Å²) in [7, 11) is -0.223. The first kappa shape index (κ1) is 26.2. The Hall–Kier alpha value is -2.42. The molecule has 3 rings (SSSR count). The number of benzene rings is 1.